The molecule has 5 heteroatoms. The molecule has 5 nitrogen and oxygen atoms in total. The first-order valence-corrected chi connectivity index (χ1v) is 8.00. The van der Waals surface area contributed by atoms with E-state index in [1.165, 1.54) is 0 Å². The first kappa shape index (κ1) is 14.8. The van der Waals surface area contributed by atoms with E-state index in [0.717, 1.165) is 34.9 Å². The van der Waals surface area contributed by atoms with Crippen LogP contribution in [0.5, 0.6) is 0 Å². The van der Waals surface area contributed by atoms with Gasteiger partial charge in [0.2, 0.25) is 11.8 Å². The minimum absolute atomic E-state index is 0.00661. The van der Waals surface area contributed by atoms with E-state index in [9.17, 15) is 4.79 Å². The normalized spacial score (nSPS) is 19.2. The lowest BCUT2D eigenvalue weighted by atomic mass is 10.2. The van der Waals surface area contributed by atoms with E-state index in [4.69, 9.17) is 8.83 Å². The van der Waals surface area contributed by atoms with Crippen LogP contribution in [0, 0.1) is 19.8 Å². The molecule has 0 spiro atoms. The molecular formula is C19H18N2O3. The number of furan rings is 1. The van der Waals surface area contributed by atoms with Gasteiger partial charge in [0.1, 0.15) is 11.5 Å². The number of nitrogens with zero attached hydrogens (tertiary/aromatic N) is 1. The van der Waals surface area contributed by atoms with E-state index < -0.39 is 0 Å². The molecule has 3 aromatic rings. The number of anilines is 1. The predicted molar refractivity (Wildman–Crippen MR) is 89.6 cm³/mol. The number of benzene rings is 1. The Hall–Kier alpha value is -2.82. The minimum atomic E-state index is -0.00661. The van der Waals surface area contributed by atoms with Crippen molar-refractivity contribution in [2.75, 3.05) is 5.32 Å². The number of hydrogen-bond acceptors (Lipinski definition) is 4. The largest absolute Gasteiger partial charge is 0.469 e. The fourth-order valence-electron chi connectivity index (χ4n) is 2.83. The number of aromatic nitrogens is 1. The van der Waals surface area contributed by atoms with Crippen LogP contribution in [0.2, 0.25) is 0 Å². The Kier molecular flexibility index (Phi) is 3.49. The van der Waals surface area contributed by atoms with Crippen molar-refractivity contribution >= 4 is 11.6 Å². The molecule has 1 aromatic carbocycles. The molecule has 24 heavy (non-hydrogen) atoms. The van der Waals surface area contributed by atoms with Crippen LogP contribution in [0.15, 0.2) is 51.5 Å². The van der Waals surface area contributed by atoms with Crippen molar-refractivity contribution in [3.63, 3.8) is 0 Å². The molecule has 2 atom stereocenters. The highest BCUT2D eigenvalue weighted by atomic mass is 16.4. The zero-order valence-corrected chi connectivity index (χ0v) is 13.6. The molecule has 2 unspecified atom stereocenters. The van der Waals surface area contributed by atoms with Crippen molar-refractivity contribution in [2.45, 2.75) is 26.2 Å². The molecule has 0 radical (unpaired) electrons. The summed E-state index contributed by atoms with van der Waals surface area (Å²) in [6.07, 6.45) is 2.49. The van der Waals surface area contributed by atoms with Gasteiger partial charge >= 0.3 is 0 Å². The van der Waals surface area contributed by atoms with Gasteiger partial charge in [-0.25, -0.2) is 4.98 Å². The number of aryl methyl sites for hydroxylation is 2. The number of carbonyl (C=O) groups is 1. The van der Waals surface area contributed by atoms with Crippen LogP contribution in [0.3, 0.4) is 0 Å². The summed E-state index contributed by atoms with van der Waals surface area (Å²) < 4.78 is 11.0. The van der Waals surface area contributed by atoms with Gasteiger partial charge in [-0.05, 0) is 56.7 Å². The second-order valence-corrected chi connectivity index (χ2v) is 6.19. The van der Waals surface area contributed by atoms with Gasteiger partial charge in [0.05, 0.1) is 12.0 Å². The second kappa shape index (κ2) is 5.67. The Morgan fingerprint density at radius 3 is 2.62 bits per heavy atom. The maximum absolute atomic E-state index is 12.3. The predicted octanol–water partition coefficient (Wildman–Crippen LogP) is 4.29. The van der Waals surface area contributed by atoms with Crippen molar-refractivity contribution < 1.29 is 13.6 Å². The van der Waals surface area contributed by atoms with Gasteiger partial charge in [-0.1, -0.05) is 0 Å². The van der Waals surface area contributed by atoms with Crippen LogP contribution in [0.25, 0.3) is 11.5 Å². The number of carbonyl (C=O) groups excluding carboxylic acids is 1. The Morgan fingerprint density at radius 1 is 1.21 bits per heavy atom. The van der Waals surface area contributed by atoms with Crippen LogP contribution in [0.1, 0.15) is 29.6 Å². The van der Waals surface area contributed by atoms with Crippen molar-refractivity contribution in [3.05, 3.63) is 59.9 Å². The number of rotatable bonds is 4. The minimum Gasteiger partial charge on any atom is -0.469 e. The van der Waals surface area contributed by atoms with Crippen LogP contribution in [-0.2, 0) is 4.79 Å². The fraction of sp³-hybridized carbons (Fsp3) is 0.263. The average molecular weight is 322 g/mol. The molecule has 4 rings (SSSR count). The lowest BCUT2D eigenvalue weighted by molar-refractivity contribution is -0.117. The molecule has 0 saturated heterocycles. The SMILES string of the molecule is Cc1nc(-c2ccc(NC(=O)C3CC3c3ccco3)cc2)oc1C. The molecule has 1 saturated carbocycles. The average Bonchev–Trinajstić information content (AvgIpc) is 3.05. The second-order valence-electron chi connectivity index (χ2n) is 6.19. The summed E-state index contributed by atoms with van der Waals surface area (Å²) in [6.45, 7) is 3.81. The third kappa shape index (κ3) is 2.73. The maximum Gasteiger partial charge on any atom is 0.228 e. The van der Waals surface area contributed by atoms with Crippen LogP contribution in [0.4, 0.5) is 5.69 Å². The van der Waals surface area contributed by atoms with Crippen molar-refractivity contribution in [3.8, 4) is 11.5 Å². The molecule has 1 N–H and O–H groups in total. The first-order chi connectivity index (χ1) is 11.6. The summed E-state index contributed by atoms with van der Waals surface area (Å²) >= 11 is 0. The highest BCUT2D eigenvalue weighted by molar-refractivity contribution is 5.95. The summed E-state index contributed by atoms with van der Waals surface area (Å²) in [7, 11) is 0. The molecule has 2 heterocycles. The van der Waals surface area contributed by atoms with Gasteiger partial charge in [-0.2, -0.15) is 0 Å². The molecule has 1 fully saturated rings. The molecule has 0 aliphatic heterocycles. The van der Waals surface area contributed by atoms with Crippen molar-refractivity contribution in [2.24, 2.45) is 5.92 Å². The summed E-state index contributed by atoms with van der Waals surface area (Å²) in [5, 5.41) is 2.96. The number of hydrogen-bond donors (Lipinski definition) is 1. The Balaban J connectivity index is 1.41. The molecular weight excluding hydrogens is 304 g/mol. The number of oxazole rings is 1. The Bertz CT molecular complexity index is 843. The number of nitrogens with one attached hydrogen (secondary N) is 1. The fourth-order valence-corrected chi connectivity index (χ4v) is 2.83. The molecule has 1 amide bonds. The van der Waals surface area contributed by atoms with Gasteiger partial charge in [0.15, 0.2) is 0 Å². The summed E-state index contributed by atoms with van der Waals surface area (Å²) in [6, 6.07) is 11.3. The third-order valence-corrected chi connectivity index (χ3v) is 4.46. The van der Waals surface area contributed by atoms with Gasteiger partial charge < -0.3 is 14.2 Å². The van der Waals surface area contributed by atoms with E-state index in [-0.39, 0.29) is 17.7 Å². The maximum atomic E-state index is 12.3. The molecule has 2 aromatic heterocycles. The molecule has 1 aliphatic rings. The van der Waals surface area contributed by atoms with Gasteiger partial charge in [0.25, 0.3) is 0 Å². The first-order valence-electron chi connectivity index (χ1n) is 8.00. The lowest BCUT2D eigenvalue weighted by Gasteiger charge is -2.05. The topological polar surface area (TPSA) is 68.3 Å². The van der Waals surface area contributed by atoms with Crippen LogP contribution < -0.4 is 5.32 Å². The highest BCUT2D eigenvalue weighted by Crippen LogP contribution is 2.48. The van der Waals surface area contributed by atoms with E-state index in [2.05, 4.69) is 10.3 Å². The Labute approximate surface area is 139 Å². The zero-order chi connectivity index (χ0) is 16.7. The molecule has 1 aliphatic carbocycles. The zero-order valence-electron chi connectivity index (χ0n) is 13.6. The van der Waals surface area contributed by atoms with Gasteiger partial charge in [-0.3, -0.25) is 4.79 Å². The smallest absolute Gasteiger partial charge is 0.228 e. The van der Waals surface area contributed by atoms with Gasteiger partial charge in [-0.15, -0.1) is 0 Å². The summed E-state index contributed by atoms with van der Waals surface area (Å²) in [4.78, 5) is 16.7. The summed E-state index contributed by atoms with van der Waals surface area (Å²) in [5.41, 5.74) is 2.55. The summed E-state index contributed by atoms with van der Waals surface area (Å²) in [5.74, 6) is 2.54. The molecule has 0 bridgehead atoms. The lowest BCUT2D eigenvalue weighted by Crippen LogP contribution is -2.14. The Morgan fingerprint density at radius 2 is 2.00 bits per heavy atom. The highest BCUT2D eigenvalue weighted by Gasteiger charge is 2.45. The number of amides is 1. The van der Waals surface area contributed by atoms with Crippen molar-refractivity contribution in [1.82, 2.24) is 4.98 Å². The van der Waals surface area contributed by atoms with Crippen molar-refractivity contribution in [1.29, 1.82) is 0 Å². The van der Waals surface area contributed by atoms with Crippen LogP contribution >= 0.6 is 0 Å². The van der Waals surface area contributed by atoms with Gasteiger partial charge in [0, 0.05) is 23.1 Å². The third-order valence-electron chi connectivity index (χ3n) is 4.46. The van der Waals surface area contributed by atoms with E-state index in [1.54, 1.807) is 6.26 Å². The van der Waals surface area contributed by atoms with E-state index >= 15 is 0 Å². The standard InChI is InChI=1S/C19H18N2O3/c1-11-12(2)24-19(20-11)13-5-7-14(8-6-13)21-18(22)16-10-15(16)17-4-3-9-23-17/h3-9,15-16H,10H2,1-2H3,(H,21,22). The quantitative estimate of drug-likeness (QED) is 0.778. The monoisotopic (exact) mass is 322 g/mol. The van der Waals surface area contributed by atoms with E-state index in [0.29, 0.717) is 5.89 Å². The van der Waals surface area contributed by atoms with Crippen LogP contribution in [-0.4, -0.2) is 10.9 Å². The van der Waals surface area contributed by atoms with E-state index in [1.807, 2.05) is 50.2 Å². The molecule has 122 valence electrons.